The van der Waals surface area contributed by atoms with Gasteiger partial charge in [-0.25, -0.2) is 9.59 Å². The Kier molecular flexibility index (Phi) is 8.06. The van der Waals surface area contributed by atoms with Crippen molar-refractivity contribution in [1.82, 2.24) is 4.90 Å². The molecular weight excluding hydrogens is 459 g/mol. The second-order valence-electron chi connectivity index (χ2n) is 11.7. The van der Waals surface area contributed by atoms with Crippen LogP contribution in [0.25, 0.3) is 0 Å². The highest BCUT2D eigenvalue weighted by Crippen LogP contribution is 2.37. The van der Waals surface area contributed by atoms with Gasteiger partial charge in [-0.05, 0) is 98.8 Å². The normalized spacial score (nSPS) is 21.0. The van der Waals surface area contributed by atoms with Crippen molar-refractivity contribution in [2.24, 2.45) is 0 Å². The predicted molar refractivity (Wildman–Crippen MR) is 142 cm³/mol. The fourth-order valence-electron chi connectivity index (χ4n) is 4.67. The molecule has 1 unspecified atom stereocenters. The van der Waals surface area contributed by atoms with E-state index in [1.54, 1.807) is 11.8 Å². The molecule has 0 bridgehead atoms. The van der Waals surface area contributed by atoms with Crippen LogP contribution in [0.3, 0.4) is 0 Å². The van der Waals surface area contributed by atoms with Crippen LogP contribution in [0.15, 0.2) is 12.1 Å². The standard InChI is InChI=1S/C27H43BN2O6/c1-11-30(20-13-14-29(17-20)24(32)34-25(4,5)6)22-16-19(15-21(18(22)3)23(31)33-12-2)28-35-26(7,8)27(9,10)36-28/h15-16,20H,11-14,17H2,1-10H3. The second-order valence-corrected chi connectivity index (χ2v) is 11.7. The zero-order chi connectivity index (χ0) is 27.1. The van der Waals surface area contributed by atoms with Crippen LogP contribution >= 0.6 is 0 Å². The van der Waals surface area contributed by atoms with Gasteiger partial charge in [-0.2, -0.15) is 0 Å². The molecule has 36 heavy (non-hydrogen) atoms. The molecule has 1 amide bonds. The smallest absolute Gasteiger partial charge is 0.462 e. The van der Waals surface area contributed by atoms with Crippen molar-refractivity contribution in [3.05, 3.63) is 23.3 Å². The molecule has 9 heteroatoms. The van der Waals surface area contributed by atoms with E-state index in [2.05, 4.69) is 17.9 Å². The molecule has 2 saturated heterocycles. The van der Waals surface area contributed by atoms with Crippen molar-refractivity contribution in [3.63, 3.8) is 0 Å². The van der Waals surface area contributed by atoms with Crippen LogP contribution in [-0.2, 0) is 18.8 Å². The number of amides is 1. The highest BCUT2D eigenvalue weighted by Gasteiger charge is 2.52. The van der Waals surface area contributed by atoms with E-state index in [9.17, 15) is 9.59 Å². The van der Waals surface area contributed by atoms with Gasteiger partial charge in [0.2, 0.25) is 0 Å². The zero-order valence-electron chi connectivity index (χ0n) is 23.7. The highest BCUT2D eigenvalue weighted by atomic mass is 16.7. The average molecular weight is 502 g/mol. The molecule has 3 rings (SSSR count). The number of benzene rings is 1. The molecule has 0 spiro atoms. The molecule has 1 aromatic rings. The van der Waals surface area contributed by atoms with Gasteiger partial charge in [0.1, 0.15) is 5.60 Å². The van der Waals surface area contributed by atoms with Crippen LogP contribution < -0.4 is 10.4 Å². The zero-order valence-corrected chi connectivity index (χ0v) is 23.7. The van der Waals surface area contributed by atoms with Gasteiger partial charge in [-0.1, -0.05) is 0 Å². The molecule has 2 heterocycles. The van der Waals surface area contributed by atoms with Crippen LogP contribution in [-0.4, -0.2) is 73.2 Å². The maximum atomic E-state index is 13.0. The van der Waals surface area contributed by atoms with Crippen molar-refractivity contribution >= 4 is 30.3 Å². The van der Waals surface area contributed by atoms with Gasteiger partial charge in [0.05, 0.1) is 23.4 Å². The Morgan fingerprint density at radius 3 is 2.28 bits per heavy atom. The minimum Gasteiger partial charge on any atom is -0.462 e. The van der Waals surface area contributed by atoms with Crippen LogP contribution in [0, 0.1) is 6.92 Å². The lowest BCUT2D eigenvalue weighted by Gasteiger charge is -2.33. The largest absolute Gasteiger partial charge is 0.494 e. The third-order valence-corrected chi connectivity index (χ3v) is 7.33. The summed E-state index contributed by atoms with van der Waals surface area (Å²) in [6.45, 7) is 21.7. The van der Waals surface area contributed by atoms with Crippen LogP contribution in [0.4, 0.5) is 10.5 Å². The Morgan fingerprint density at radius 1 is 1.14 bits per heavy atom. The summed E-state index contributed by atoms with van der Waals surface area (Å²) in [6, 6.07) is 3.97. The number of ether oxygens (including phenoxy) is 2. The number of nitrogens with zero attached hydrogens (tertiary/aromatic N) is 2. The van der Waals surface area contributed by atoms with Gasteiger partial charge in [0.25, 0.3) is 0 Å². The molecule has 0 saturated carbocycles. The minimum absolute atomic E-state index is 0.0878. The summed E-state index contributed by atoms with van der Waals surface area (Å²) in [6.07, 6.45) is 0.512. The average Bonchev–Trinajstić information content (AvgIpc) is 3.31. The summed E-state index contributed by atoms with van der Waals surface area (Å²) < 4.78 is 23.6. The van der Waals surface area contributed by atoms with Gasteiger partial charge in [-0.15, -0.1) is 0 Å². The van der Waals surface area contributed by atoms with Crippen molar-refractivity contribution in [1.29, 1.82) is 0 Å². The number of anilines is 1. The Hall–Kier alpha value is -2.26. The molecule has 0 aliphatic carbocycles. The van der Waals surface area contributed by atoms with Crippen molar-refractivity contribution in [2.75, 3.05) is 31.1 Å². The van der Waals surface area contributed by atoms with Crippen LogP contribution in [0.5, 0.6) is 0 Å². The third kappa shape index (κ3) is 5.83. The van der Waals surface area contributed by atoms with E-state index in [-0.39, 0.29) is 18.1 Å². The molecule has 200 valence electrons. The molecule has 0 radical (unpaired) electrons. The van der Waals surface area contributed by atoms with Gasteiger partial charge in [-0.3, -0.25) is 0 Å². The number of likely N-dealkylation sites (tertiary alicyclic amines) is 1. The summed E-state index contributed by atoms with van der Waals surface area (Å²) in [4.78, 5) is 29.7. The molecule has 1 aromatic carbocycles. The van der Waals surface area contributed by atoms with Crippen LogP contribution in [0.1, 0.15) is 84.7 Å². The summed E-state index contributed by atoms with van der Waals surface area (Å²) in [5.74, 6) is -0.368. The highest BCUT2D eigenvalue weighted by molar-refractivity contribution is 6.62. The van der Waals surface area contributed by atoms with Gasteiger partial charge in [0, 0.05) is 31.4 Å². The first kappa shape index (κ1) is 28.3. The quantitative estimate of drug-likeness (QED) is 0.424. The van der Waals surface area contributed by atoms with Gasteiger partial charge < -0.3 is 28.6 Å². The number of likely N-dealkylation sites (N-methyl/N-ethyl adjacent to an activating group) is 1. The SMILES string of the molecule is CCOC(=O)c1cc(B2OC(C)(C)C(C)(C)O2)cc(N(CC)C2CCN(C(=O)OC(C)(C)C)C2)c1C. The van der Waals surface area contributed by atoms with E-state index in [1.165, 1.54) is 0 Å². The molecular formula is C27H43BN2O6. The molecule has 8 nitrogen and oxygen atoms in total. The van der Waals surface area contributed by atoms with Gasteiger partial charge in [0.15, 0.2) is 0 Å². The lowest BCUT2D eigenvalue weighted by atomic mass is 9.77. The van der Waals surface area contributed by atoms with Crippen molar-refractivity contribution in [2.45, 2.75) is 98.5 Å². The Balaban J connectivity index is 1.97. The van der Waals surface area contributed by atoms with Gasteiger partial charge >= 0.3 is 19.2 Å². The number of hydrogen-bond donors (Lipinski definition) is 0. The predicted octanol–water partition coefficient (Wildman–Crippen LogP) is 4.31. The third-order valence-electron chi connectivity index (χ3n) is 7.33. The summed E-state index contributed by atoms with van der Waals surface area (Å²) in [5, 5.41) is 0. The number of rotatable bonds is 6. The first-order valence-corrected chi connectivity index (χ1v) is 13.0. The lowest BCUT2D eigenvalue weighted by molar-refractivity contribution is 0.00578. The fraction of sp³-hybridized carbons (Fsp3) is 0.704. The monoisotopic (exact) mass is 502 g/mol. The van der Waals surface area contributed by atoms with E-state index in [0.29, 0.717) is 31.8 Å². The maximum Gasteiger partial charge on any atom is 0.494 e. The fourth-order valence-corrected chi connectivity index (χ4v) is 4.67. The molecule has 0 N–H and O–H groups in total. The topological polar surface area (TPSA) is 77.5 Å². The Labute approximate surface area is 216 Å². The first-order valence-electron chi connectivity index (χ1n) is 13.0. The molecule has 2 fully saturated rings. The molecule has 1 atom stereocenters. The van der Waals surface area contributed by atoms with Crippen molar-refractivity contribution < 1.29 is 28.4 Å². The minimum atomic E-state index is -0.608. The van der Waals surface area contributed by atoms with Crippen molar-refractivity contribution in [3.8, 4) is 0 Å². The Bertz CT molecular complexity index is 971. The second kappa shape index (κ2) is 10.2. The van der Waals surface area contributed by atoms with E-state index < -0.39 is 23.9 Å². The number of carbonyl (C=O) groups excluding carboxylic acids is 2. The van der Waals surface area contributed by atoms with E-state index in [4.69, 9.17) is 18.8 Å². The van der Waals surface area contributed by atoms with E-state index in [1.807, 2.05) is 61.5 Å². The van der Waals surface area contributed by atoms with E-state index in [0.717, 1.165) is 23.1 Å². The molecule has 2 aliphatic heterocycles. The maximum absolute atomic E-state index is 13.0. The van der Waals surface area contributed by atoms with Crippen LogP contribution in [0.2, 0.25) is 0 Å². The summed E-state index contributed by atoms with van der Waals surface area (Å²) in [5.41, 5.74) is 1.49. The lowest BCUT2D eigenvalue weighted by Crippen LogP contribution is -2.42. The molecule has 0 aromatic heterocycles. The molecule has 2 aliphatic rings. The number of carbonyl (C=O) groups is 2. The Morgan fingerprint density at radius 2 is 1.75 bits per heavy atom. The number of esters is 1. The summed E-state index contributed by atoms with van der Waals surface area (Å²) in [7, 11) is -0.608. The first-order chi connectivity index (χ1) is 16.6. The van der Waals surface area contributed by atoms with E-state index >= 15 is 0 Å². The number of hydrogen-bond acceptors (Lipinski definition) is 7. The summed E-state index contributed by atoms with van der Waals surface area (Å²) >= 11 is 0.